The van der Waals surface area contributed by atoms with E-state index in [2.05, 4.69) is 50.4 Å². The summed E-state index contributed by atoms with van der Waals surface area (Å²) in [5, 5.41) is 4.41. The van der Waals surface area contributed by atoms with Crippen molar-refractivity contribution in [1.29, 1.82) is 0 Å². The maximum Gasteiger partial charge on any atom is 0.255 e. The Labute approximate surface area is 177 Å². The van der Waals surface area contributed by atoms with Gasteiger partial charge in [-0.15, -0.1) is 0 Å². The summed E-state index contributed by atoms with van der Waals surface area (Å²) in [6, 6.07) is 4.55. The first-order chi connectivity index (χ1) is 14.6. The van der Waals surface area contributed by atoms with Gasteiger partial charge < -0.3 is 14.2 Å². The van der Waals surface area contributed by atoms with Crippen molar-refractivity contribution < 1.29 is 4.74 Å². The minimum atomic E-state index is 0.200. The fourth-order valence-electron chi connectivity index (χ4n) is 5.31. The molecular weight excluding hydrogens is 380 g/mol. The molecule has 3 aliphatic heterocycles. The number of nitrogens with zero attached hydrogens (tertiary/aromatic N) is 6. The lowest BCUT2D eigenvalue weighted by atomic mass is 9.83. The summed E-state index contributed by atoms with van der Waals surface area (Å²) in [4.78, 5) is 22.6. The predicted molar refractivity (Wildman–Crippen MR) is 115 cm³/mol. The number of hydrogen-bond donors (Lipinski definition) is 0. The number of ether oxygens (including phenoxy) is 1. The number of fused-ring (bicyclic) bond motifs is 4. The van der Waals surface area contributed by atoms with E-state index < -0.39 is 0 Å². The van der Waals surface area contributed by atoms with E-state index in [1.165, 1.54) is 5.69 Å². The Hall–Kier alpha value is -2.19. The van der Waals surface area contributed by atoms with Gasteiger partial charge in [0, 0.05) is 63.1 Å². The molecule has 5 heterocycles. The molecule has 8 nitrogen and oxygen atoms in total. The van der Waals surface area contributed by atoms with E-state index >= 15 is 0 Å². The van der Waals surface area contributed by atoms with Gasteiger partial charge in [-0.3, -0.25) is 9.69 Å². The Morgan fingerprint density at radius 3 is 2.93 bits per heavy atom. The molecule has 0 aromatic carbocycles. The van der Waals surface area contributed by atoms with E-state index in [1.54, 1.807) is 6.33 Å². The van der Waals surface area contributed by atoms with E-state index in [0.717, 1.165) is 76.8 Å². The Morgan fingerprint density at radius 1 is 1.17 bits per heavy atom. The molecule has 0 aliphatic carbocycles. The van der Waals surface area contributed by atoms with Crippen LogP contribution in [0.5, 0.6) is 0 Å². The third-order valence-corrected chi connectivity index (χ3v) is 6.72. The molecule has 2 atom stereocenters. The van der Waals surface area contributed by atoms with Crippen molar-refractivity contribution in [3.8, 4) is 0 Å². The van der Waals surface area contributed by atoms with Gasteiger partial charge in [0.2, 0.25) is 5.95 Å². The van der Waals surface area contributed by atoms with Crippen LogP contribution in [0.25, 0.3) is 0 Å². The zero-order valence-electron chi connectivity index (χ0n) is 18.0. The Kier molecular flexibility index (Phi) is 5.37. The Morgan fingerprint density at radius 2 is 2.07 bits per heavy atom. The summed E-state index contributed by atoms with van der Waals surface area (Å²) in [6.45, 7) is 11.1. The lowest BCUT2D eigenvalue weighted by Crippen LogP contribution is -2.48. The van der Waals surface area contributed by atoms with Gasteiger partial charge in [-0.05, 0) is 38.7 Å². The van der Waals surface area contributed by atoms with E-state index in [1.807, 2.05) is 4.68 Å². The monoisotopic (exact) mass is 412 g/mol. The van der Waals surface area contributed by atoms with Crippen molar-refractivity contribution in [2.45, 2.75) is 51.7 Å². The third-order valence-electron chi connectivity index (χ3n) is 6.72. The normalized spacial score (nSPS) is 24.7. The van der Waals surface area contributed by atoms with Crippen molar-refractivity contribution >= 4 is 5.95 Å². The van der Waals surface area contributed by atoms with Gasteiger partial charge in [-0.25, -0.2) is 4.68 Å². The van der Waals surface area contributed by atoms with Crippen LogP contribution in [0.4, 0.5) is 5.95 Å². The second-order valence-electron chi connectivity index (χ2n) is 9.24. The summed E-state index contributed by atoms with van der Waals surface area (Å²) < 4.78 is 9.62. The highest BCUT2D eigenvalue weighted by atomic mass is 16.5. The zero-order chi connectivity index (χ0) is 20.7. The second-order valence-corrected chi connectivity index (χ2v) is 9.24. The van der Waals surface area contributed by atoms with Crippen molar-refractivity contribution in [2.75, 3.05) is 44.3 Å². The summed E-state index contributed by atoms with van der Waals surface area (Å²) in [7, 11) is 0. The minimum Gasteiger partial charge on any atom is -0.380 e. The number of rotatable bonds is 4. The van der Waals surface area contributed by atoms with E-state index in [-0.39, 0.29) is 11.6 Å². The molecule has 0 spiro atoms. The van der Waals surface area contributed by atoms with E-state index in [9.17, 15) is 4.79 Å². The van der Waals surface area contributed by atoms with Gasteiger partial charge in [0.05, 0.1) is 12.6 Å². The van der Waals surface area contributed by atoms with Crippen LogP contribution in [-0.2, 0) is 17.8 Å². The first-order valence-electron chi connectivity index (χ1n) is 11.3. The molecule has 5 rings (SSSR count). The van der Waals surface area contributed by atoms with Gasteiger partial charge in [0.25, 0.3) is 5.56 Å². The Bertz CT molecular complexity index is 943. The predicted octanol–water partition coefficient (Wildman–Crippen LogP) is 1.87. The fourth-order valence-corrected chi connectivity index (χ4v) is 5.31. The van der Waals surface area contributed by atoms with Gasteiger partial charge >= 0.3 is 0 Å². The smallest absolute Gasteiger partial charge is 0.255 e. The maximum atomic E-state index is 13.3. The van der Waals surface area contributed by atoms with E-state index in [0.29, 0.717) is 11.8 Å². The highest BCUT2D eigenvalue weighted by Crippen LogP contribution is 2.37. The molecule has 2 bridgehead atoms. The maximum absolute atomic E-state index is 13.3. The zero-order valence-corrected chi connectivity index (χ0v) is 18.0. The van der Waals surface area contributed by atoms with Crippen LogP contribution in [0.3, 0.4) is 0 Å². The average molecular weight is 413 g/mol. The number of piperidine rings is 1. The molecule has 0 amide bonds. The van der Waals surface area contributed by atoms with Crippen LogP contribution in [0.2, 0.25) is 0 Å². The number of anilines is 1. The molecule has 2 aromatic heterocycles. The highest BCUT2D eigenvalue weighted by Gasteiger charge is 2.36. The lowest BCUT2D eigenvalue weighted by molar-refractivity contribution is 0.140. The van der Waals surface area contributed by atoms with Gasteiger partial charge in [0.1, 0.15) is 6.33 Å². The molecule has 0 unspecified atom stereocenters. The third kappa shape index (κ3) is 3.67. The van der Waals surface area contributed by atoms with Crippen molar-refractivity contribution in [3.05, 3.63) is 40.1 Å². The summed E-state index contributed by atoms with van der Waals surface area (Å²) in [6.07, 6.45) is 3.83. The molecule has 0 N–H and O–H groups in total. The topological polar surface area (TPSA) is 68.4 Å². The highest BCUT2D eigenvalue weighted by molar-refractivity contribution is 5.35. The number of pyridine rings is 1. The molecule has 0 radical (unpaired) electrons. The molecule has 2 saturated heterocycles. The summed E-state index contributed by atoms with van der Waals surface area (Å²) in [5.41, 5.74) is 2.29. The van der Waals surface area contributed by atoms with Gasteiger partial charge in [-0.2, -0.15) is 10.1 Å². The molecule has 3 aliphatic rings. The summed E-state index contributed by atoms with van der Waals surface area (Å²) >= 11 is 0. The summed E-state index contributed by atoms with van der Waals surface area (Å²) in [5.74, 6) is 1.78. The molecule has 0 saturated carbocycles. The van der Waals surface area contributed by atoms with Crippen LogP contribution in [0, 0.1) is 5.92 Å². The van der Waals surface area contributed by atoms with Crippen molar-refractivity contribution in [3.63, 3.8) is 0 Å². The molecule has 2 aromatic rings. The van der Waals surface area contributed by atoms with Crippen molar-refractivity contribution in [2.24, 2.45) is 5.92 Å². The quantitative estimate of drug-likeness (QED) is 0.764. The average Bonchev–Trinajstić information content (AvgIpc) is 3.09. The standard InChI is InChI=1S/C22H32N6O2/c1-16(2)28-22(23-15-24-28)26-11-17-10-19(14-26)20-5-4-18(21(29)27(20)12-17)13-25-6-3-8-30-9-7-25/h4-5,15-17,19H,3,6-14H2,1-2H3/t17-,19+/m0/s1. The molecule has 30 heavy (non-hydrogen) atoms. The SMILES string of the molecule is CC(C)n1ncnc1N1C[C@@H]2C[C@H](C1)c1ccc(CN3CCCOCC3)c(=O)n1C2. The van der Waals surface area contributed by atoms with Crippen LogP contribution in [0.15, 0.2) is 23.3 Å². The van der Waals surface area contributed by atoms with Crippen molar-refractivity contribution in [1.82, 2.24) is 24.2 Å². The second kappa shape index (κ2) is 8.15. The minimum absolute atomic E-state index is 0.200. The first kappa shape index (κ1) is 19.8. The molecule has 2 fully saturated rings. The van der Waals surface area contributed by atoms with Crippen LogP contribution in [0.1, 0.15) is 49.9 Å². The number of hydrogen-bond acceptors (Lipinski definition) is 6. The molecule has 8 heteroatoms. The largest absolute Gasteiger partial charge is 0.380 e. The van der Waals surface area contributed by atoms with Crippen LogP contribution >= 0.6 is 0 Å². The lowest BCUT2D eigenvalue weighted by Gasteiger charge is -2.43. The first-order valence-corrected chi connectivity index (χ1v) is 11.3. The van der Waals surface area contributed by atoms with Gasteiger partial charge in [-0.1, -0.05) is 6.07 Å². The molecule has 162 valence electrons. The van der Waals surface area contributed by atoms with Crippen LogP contribution < -0.4 is 10.5 Å². The fraction of sp³-hybridized carbons (Fsp3) is 0.682. The van der Waals surface area contributed by atoms with Gasteiger partial charge in [0.15, 0.2) is 0 Å². The van der Waals surface area contributed by atoms with Crippen LogP contribution in [-0.4, -0.2) is 63.6 Å². The molecular formula is C22H32N6O2. The van der Waals surface area contributed by atoms with E-state index in [4.69, 9.17) is 4.74 Å². The number of aromatic nitrogens is 4. The Balaban J connectivity index is 1.38.